The highest BCUT2D eigenvalue weighted by molar-refractivity contribution is 7.90. The Balaban J connectivity index is 2.43. The van der Waals surface area contributed by atoms with E-state index in [-0.39, 0.29) is 16.2 Å². The predicted octanol–water partition coefficient (Wildman–Crippen LogP) is 3.38. The van der Waals surface area contributed by atoms with Gasteiger partial charge in [0.2, 0.25) is 0 Å². The summed E-state index contributed by atoms with van der Waals surface area (Å²) in [6, 6.07) is 7.37. The van der Waals surface area contributed by atoms with Gasteiger partial charge in [0.1, 0.15) is 0 Å². The third-order valence-electron chi connectivity index (χ3n) is 2.73. The van der Waals surface area contributed by atoms with E-state index in [4.69, 9.17) is 16.7 Å². The average Bonchev–Trinajstić information content (AvgIpc) is 2.73. The van der Waals surface area contributed by atoms with Gasteiger partial charge in [0, 0.05) is 4.88 Å². The fraction of sp³-hybridized carbons (Fsp3) is 0.154. The molecule has 2 aromatic rings. The van der Waals surface area contributed by atoms with E-state index >= 15 is 0 Å². The summed E-state index contributed by atoms with van der Waals surface area (Å²) in [6.45, 7) is 1.64. The first kappa shape index (κ1) is 15.0. The lowest BCUT2D eigenvalue weighted by atomic mass is 10.1. The topological polar surface area (TPSA) is 71.4 Å². The molecule has 0 aliphatic heterocycles. The highest BCUT2D eigenvalue weighted by atomic mass is 35.5. The normalized spacial score (nSPS) is 11.5. The SMILES string of the molecule is Cc1ccc(C(=O)O)cc1S(=O)(=O)Cc1ccc(Cl)s1. The van der Waals surface area contributed by atoms with Crippen molar-refractivity contribution in [3.8, 4) is 0 Å². The molecule has 0 atom stereocenters. The Kier molecular flexibility index (Phi) is 4.17. The molecular formula is C13H11ClO4S2. The first-order valence-electron chi connectivity index (χ1n) is 5.60. The van der Waals surface area contributed by atoms with Gasteiger partial charge in [-0.2, -0.15) is 0 Å². The molecule has 0 unspecified atom stereocenters. The Morgan fingerprint density at radius 2 is 2.00 bits per heavy atom. The van der Waals surface area contributed by atoms with Crippen molar-refractivity contribution in [1.29, 1.82) is 0 Å². The molecule has 0 amide bonds. The van der Waals surface area contributed by atoms with E-state index in [1.807, 2.05) is 0 Å². The number of carbonyl (C=O) groups is 1. The third-order valence-corrected chi connectivity index (χ3v) is 5.95. The molecular weight excluding hydrogens is 320 g/mol. The second-order valence-electron chi connectivity index (χ2n) is 4.25. The fourth-order valence-corrected chi connectivity index (χ4v) is 4.84. The van der Waals surface area contributed by atoms with Crippen molar-refractivity contribution in [2.75, 3.05) is 0 Å². The minimum absolute atomic E-state index is 0.0432. The van der Waals surface area contributed by atoms with Crippen molar-refractivity contribution in [3.63, 3.8) is 0 Å². The summed E-state index contributed by atoms with van der Waals surface area (Å²) in [5.74, 6) is -1.34. The van der Waals surface area contributed by atoms with E-state index in [0.717, 1.165) is 0 Å². The van der Waals surface area contributed by atoms with Crippen molar-refractivity contribution < 1.29 is 18.3 Å². The minimum atomic E-state index is -3.60. The number of aromatic carboxylic acids is 1. The molecule has 1 N–H and O–H groups in total. The number of sulfone groups is 1. The molecule has 0 radical (unpaired) electrons. The van der Waals surface area contributed by atoms with Crippen LogP contribution in [0.15, 0.2) is 35.2 Å². The molecule has 0 saturated heterocycles. The van der Waals surface area contributed by atoms with Gasteiger partial charge in [0.25, 0.3) is 0 Å². The van der Waals surface area contributed by atoms with Gasteiger partial charge in [-0.1, -0.05) is 17.7 Å². The van der Waals surface area contributed by atoms with Gasteiger partial charge in [0.15, 0.2) is 9.84 Å². The van der Waals surface area contributed by atoms with Crippen LogP contribution in [0.1, 0.15) is 20.8 Å². The van der Waals surface area contributed by atoms with Crippen molar-refractivity contribution in [2.45, 2.75) is 17.6 Å². The van der Waals surface area contributed by atoms with Crippen LogP contribution in [0.4, 0.5) is 0 Å². The predicted molar refractivity (Wildman–Crippen MR) is 78.4 cm³/mol. The number of carboxylic acid groups (broad SMARTS) is 1. The van der Waals surface area contributed by atoms with E-state index < -0.39 is 15.8 Å². The minimum Gasteiger partial charge on any atom is -0.478 e. The molecule has 20 heavy (non-hydrogen) atoms. The highest BCUT2D eigenvalue weighted by Crippen LogP contribution is 2.27. The van der Waals surface area contributed by atoms with E-state index in [2.05, 4.69) is 0 Å². The fourth-order valence-electron chi connectivity index (χ4n) is 1.76. The van der Waals surface area contributed by atoms with Crippen LogP contribution in [0.25, 0.3) is 0 Å². The Morgan fingerprint density at radius 1 is 1.30 bits per heavy atom. The number of aryl methyl sites for hydroxylation is 1. The number of benzene rings is 1. The second kappa shape index (κ2) is 5.55. The molecule has 0 fully saturated rings. The number of carboxylic acids is 1. The summed E-state index contributed by atoms with van der Waals surface area (Å²) in [4.78, 5) is 11.6. The quantitative estimate of drug-likeness (QED) is 0.932. The Hall–Kier alpha value is -1.37. The van der Waals surface area contributed by atoms with Crippen LogP contribution in [0.2, 0.25) is 4.34 Å². The highest BCUT2D eigenvalue weighted by Gasteiger charge is 2.20. The lowest BCUT2D eigenvalue weighted by molar-refractivity contribution is 0.0696. The Labute approximate surface area is 125 Å². The second-order valence-corrected chi connectivity index (χ2v) is 8.01. The smallest absolute Gasteiger partial charge is 0.335 e. The Bertz CT molecular complexity index is 762. The van der Waals surface area contributed by atoms with E-state index in [0.29, 0.717) is 14.8 Å². The van der Waals surface area contributed by atoms with Crippen molar-refractivity contribution in [3.05, 3.63) is 50.7 Å². The van der Waals surface area contributed by atoms with Gasteiger partial charge in [-0.05, 0) is 36.8 Å². The largest absolute Gasteiger partial charge is 0.478 e. The van der Waals surface area contributed by atoms with Crippen LogP contribution in [0.3, 0.4) is 0 Å². The molecule has 2 rings (SSSR count). The molecule has 7 heteroatoms. The monoisotopic (exact) mass is 330 g/mol. The summed E-state index contributed by atoms with van der Waals surface area (Å²) in [5.41, 5.74) is 0.482. The molecule has 0 bridgehead atoms. The molecule has 0 saturated carbocycles. The number of thiophene rings is 1. The van der Waals surface area contributed by atoms with Gasteiger partial charge >= 0.3 is 5.97 Å². The van der Waals surface area contributed by atoms with E-state index in [9.17, 15) is 13.2 Å². The molecule has 0 aliphatic rings. The average molecular weight is 331 g/mol. The van der Waals surface area contributed by atoms with Gasteiger partial charge in [-0.25, -0.2) is 13.2 Å². The van der Waals surface area contributed by atoms with Crippen LogP contribution in [-0.2, 0) is 15.6 Å². The molecule has 0 aliphatic carbocycles. The zero-order valence-electron chi connectivity index (χ0n) is 10.5. The molecule has 106 valence electrons. The van der Waals surface area contributed by atoms with Crippen LogP contribution < -0.4 is 0 Å². The van der Waals surface area contributed by atoms with Gasteiger partial charge < -0.3 is 5.11 Å². The summed E-state index contributed by atoms with van der Waals surface area (Å²) < 4.78 is 25.3. The molecule has 0 spiro atoms. The van der Waals surface area contributed by atoms with Crippen molar-refractivity contribution in [1.82, 2.24) is 0 Å². The lowest BCUT2D eigenvalue weighted by Crippen LogP contribution is -2.08. The maximum absolute atomic E-state index is 12.4. The standard InChI is InChI=1S/C13H11ClO4S2/c1-8-2-3-9(13(15)16)6-11(8)20(17,18)7-10-4-5-12(14)19-10/h2-6H,7H2,1H3,(H,15,16). The third kappa shape index (κ3) is 3.20. The van der Waals surface area contributed by atoms with Crippen LogP contribution in [0.5, 0.6) is 0 Å². The number of rotatable bonds is 4. The first-order valence-corrected chi connectivity index (χ1v) is 8.45. The molecule has 1 aromatic heterocycles. The lowest BCUT2D eigenvalue weighted by Gasteiger charge is -2.08. The summed E-state index contributed by atoms with van der Waals surface area (Å²) in [5, 5.41) is 8.95. The number of hydrogen-bond acceptors (Lipinski definition) is 4. The van der Waals surface area contributed by atoms with Gasteiger partial charge in [-0.3, -0.25) is 0 Å². The van der Waals surface area contributed by atoms with Crippen LogP contribution in [-0.4, -0.2) is 19.5 Å². The van der Waals surface area contributed by atoms with Crippen molar-refractivity contribution >= 4 is 38.7 Å². The van der Waals surface area contributed by atoms with E-state index in [1.54, 1.807) is 19.1 Å². The Morgan fingerprint density at radius 3 is 2.55 bits per heavy atom. The number of halogens is 1. The number of hydrogen-bond donors (Lipinski definition) is 1. The first-order chi connectivity index (χ1) is 9.29. The van der Waals surface area contributed by atoms with E-state index in [1.165, 1.54) is 29.5 Å². The molecule has 1 heterocycles. The molecule has 1 aromatic carbocycles. The zero-order chi connectivity index (χ0) is 14.9. The van der Waals surface area contributed by atoms with Crippen molar-refractivity contribution in [2.24, 2.45) is 0 Å². The summed E-state index contributed by atoms with van der Waals surface area (Å²) >= 11 is 6.97. The van der Waals surface area contributed by atoms with Crippen LogP contribution >= 0.6 is 22.9 Å². The zero-order valence-corrected chi connectivity index (χ0v) is 12.8. The van der Waals surface area contributed by atoms with Gasteiger partial charge in [0.05, 0.1) is 20.5 Å². The van der Waals surface area contributed by atoms with Crippen LogP contribution in [0, 0.1) is 6.92 Å². The molecule has 4 nitrogen and oxygen atoms in total. The van der Waals surface area contributed by atoms with Gasteiger partial charge in [-0.15, -0.1) is 11.3 Å². The summed E-state index contributed by atoms with van der Waals surface area (Å²) in [6.07, 6.45) is 0. The maximum Gasteiger partial charge on any atom is 0.335 e. The maximum atomic E-state index is 12.4. The summed E-state index contributed by atoms with van der Waals surface area (Å²) in [7, 11) is -3.60.